The number of hydrogen-bond acceptors (Lipinski definition) is 2. The van der Waals surface area contributed by atoms with Gasteiger partial charge < -0.3 is 5.32 Å². The summed E-state index contributed by atoms with van der Waals surface area (Å²) in [7, 11) is 0. The van der Waals surface area contributed by atoms with Gasteiger partial charge in [0.15, 0.2) is 0 Å². The van der Waals surface area contributed by atoms with Gasteiger partial charge >= 0.3 is 0 Å². The third-order valence-corrected chi connectivity index (χ3v) is 3.69. The molecule has 3 rings (SSSR count). The molecule has 0 aliphatic carbocycles. The zero-order valence-electron chi connectivity index (χ0n) is 11.7. The first-order valence-electron chi connectivity index (χ1n) is 7.15. The molecule has 1 heterocycles. The van der Waals surface area contributed by atoms with Gasteiger partial charge in [0, 0.05) is 23.2 Å². The Kier molecular flexibility index (Phi) is 4.37. The number of aryl methyl sites for hydroxylation is 1. The standard InChI is InChI=1S/C18H17ClN2/c19-16-12-15-9-5-11-21-18(15)17(13-16)20-10-4-8-14-6-2-1-3-7-14/h1-3,5-7,9,11-13,20H,4,8,10H2. The Morgan fingerprint density at radius 2 is 1.86 bits per heavy atom. The quantitative estimate of drug-likeness (QED) is 0.675. The summed E-state index contributed by atoms with van der Waals surface area (Å²) in [6.07, 6.45) is 3.95. The highest BCUT2D eigenvalue weighted by Gasteiger charge is 2.03. The van der Waals surface area contributed by atoms with E-state index in [1.54, 1.807) is 0 Å². The Labute approximate surface area is 129 Å². The predicted octanol–water partition coefficient (Wildman–Crippen LogP) is 4.93. The van der Waals surface area contributed by atoms with Gasteiger partial charge in [0.05, 0.1) is 11.2 Å². The maximum absolute atomic E-state index is 6.16. The summed E-state index contributed by atoms with van der Waals surface area (Å²) in [4.78, 5) is 4.44. The molecule has 0 saturated heterocycles. The van der Waals surface area contributed by atoms with Crippen LogP contribution < -0.4 is 5.32 Å². The van der Waals surface area contributed by atoms with Crippen molar-refractivity contribution in [3.63, 3.8) is 0 Å². The smallest absolute Gasteiger partial charge is 0.0934 e. The van der Waals surface area contributed by atoms with E-state index in [4.69, 9.17) is 11.6 Å². The SMILES string of the molecule is Clc1cc(NCCCc2ccccc2)c2ncccc2c1. The zero-order valence-corrected chi connectivity index (χ0v) is 12.5. The lowest BCUT2D eigenvalue weighted by molar-refractivity contribution is 0.863. The molecule has 1 aromatic heterocycles. The molecule has 0 bridgehead atoms. The summed E-state index contributed by atoms with van der Waals surface area (Å²) >= 11 is 6.16. The second kappa shape index (κ2) is 6.59. The summed E-state index contributed by atoms with van der Waals surface area (Å²) in [6, 6.07) is 18.4. The van der Waals surface area contributed by atoms with E-state index < -0.39 is 0 Å². The summed E-state index contributed by atoms with van der Waals surface area (Å²) in [5.41, 5.74) is 3.35. The number of benzene rings is 2. The molecule has 1 N–H and O–H groups in total. The van der Waals surface area contributed by atoms with Crippen molar-refractivity contribution < 1.29 is 0 Å². The largest absolute Gasteiger partial charge is 0.383 e. The van der Waals surface area contributed by atoms with E-state index in [0.29, 0.717) is 0 Å². The van der Waals surface area contributed by atoms with E-state index in [9.17, 15) is 0 Å². The first-order chi connectivity index (χ1) is 10.3. The summed E-state index contributed by atoms with van der Waals surface area (Å²) in [6.45, 7) is 0.904. The van der Waals surface area contributed by atoms with Crippen molar-refractivity contribution in [2.24, 2.45) is 0 Å². The molecule has 0 atom stereocenters. The molecule has 0 spiro atoms. The van der Waals surface area contributed by atoms with Crippen LogP contribution in [0.25, 0.3) is 10.9 Å². The molecule has 0 amide bonds. The predicted molar refractivity (Wildman–Crippen MR) is 90.0 cm³/mol. The van der Waals surface area contributed by atoms with Crippen LogP contribution in [-0.4, -0.2) is 11.5 Å². The van der Waals surface area contributed by atoms with Gasteiger partial charge in [-0.25, -0.2) is 0 Å². The van der Waals surface area contributed by atoms with Crippen LogP contribution in [-0.2, 0) is 6.42 Å². The Balaban J connectivity index is 1.65. The minimum absolute atomic E-state index is 0.737. The van der Waals surface area contributed by atoms with Crippen molar-refractivity contribution in [1.82, 2.24) is 4.98 Å². The van der Waals surface area contributed by atoms with Crippen molar-refractivity contribution >= 4 is 28.2 Å². The van der Waals surface area contributed by atoms with Crippen LogP contribution in [0.4, 0.5) is 5.69 Å². The molecule has 21 heavy (non-hydrogen) atoms. The van der Waals surface area contributed by atoms with Crippen molar-refractivity contribution in [2.75, 3.05) is 11.9 Å². The van der Waals surface area contributed by atoms with E-state index in [0.717, 1.165) is 41.0 Å². The molecule has 0 fully saturated rings. The zero-order chi connectivity index (χ0) is 14.5. The van der Waals surface area contributed by atoms with Crippen molar-refractivity contribution in [3.05, 3.63) is 71.4 Å². The fourth-order valence-electron chi connectivity index (χ4n) is 2.45. The molecule has 2 aromatic carbocycles. The van der Waals surface area contributed by atoms with E-state index in [2.05, 4.69) is 34.6 Å². The average Bonchev–Trinajstić information content (AvgIpc) is 2.52. The molecule has 3 heteroatoms. The minimum atomic E-state index is 0.737. The fraction of sp³-hybridized carbons (Fsp3) is 0.167. The topological polar surface area (TPSA) is 24.9 Å². The number of nitrogens with zero attached hydrogens (tertiary/aromatic N) is 1. The number of hydrogen-bond donors (Lipinski definition) is 1. The number of halogens is 1. The Bertz CT molecular complexity index is 726. The normalized spacial score (nSPS) is 10.7. The lowest BCUT2D eigenvalue weighted by Gasteiger charge is -2.10. The second-order valence-corrected chi connectivity index (χ2v) is 5.48. The Morgan fingerprint density at radius 3 is 2.71 bits per heavy atom. The highest BCUT2D eigenvalue weighted by atomic mass is 35.5. The Hall–Kier alpha value is -2.06. The second-order valence-electron chi connectivity index (χ2n) is 5.04. The van der Waals surface area contributed by atoms with E-state index in [1.165, 1.54) is 5.56 Å². The van der Waals surface area contributed by atoms with Gasteiger partial charge in [-0.15, -0.1) is 0 Å². The van der Waals surface area contributed by atoms with Crippen molar-refractivity contribution in [2.45, 2.75) is 12.8 Å². The van der Waals surface area contributed by atoms with Gasteiger partial charge in [-0.3, -0.25) is 4.98 Å². The van der Waals surface area contributed by atoms with Crippen LogP contribution in [0, 0.1) is 0 Å². The monoisotopic (exact) mass is 296 g/mol. The van der Waals surface area contributed by atoms with E-state index in [-0.39, 0.29) is 0 Å². The number of aromatic nitrogens is 1. The van der Waals surface area contributed by atoms with Crippen LogP contribution in [0.2, 0.25) is 5.02 Å². The molecule has 0 radical (unpaired) electrons. The van der Waals surface area contributed by atoms with Gasteiger partial charge in [0.25, 0.3) is 0 Å². The van der Waals surface area contributed by atoms with Crippen LogP contribution >= 0.6 is 11.6 Å². The molecule has 0 unspecified atom stereocenters. The minimum Gasteiger partial charge on any atom is -0.383 e. The maximum atomic E-state index is 6.16. The summed E-state index contributed by atoms with van der Waals surface area (Å²) in [5.74, 6) is 0. The third-order valence-electron chi connectivity index (χ3n) is 3.47. The molecule has 0 aliphatic heterocycles. The molecule has 0 saturated carbocycles. The molecule has 106 valence electrons. The first kappa shape index (κ1) is 13.9. The third kappa shape index (κ3) is 3.53. The van der Waals surface area contributed by atoms with Crippen LogP contribution in [0.1, 0.15) is 12.0 Å². The first-order valence-corrected chi connectivity index (χ1v) is 7.53. The van der Waals surface area contributed by atoms with Crippen LogP contribution in [0.5, 0.6) is 0 Å². The Morgan fingerprint density at radius 1 is 1.00 bits per heavy atom. The van der Waals surface area contributed by atoms with E-state index in [1.807, 2.05) is 36.5 Å². The highest BCUT2D eigenvalue weighted by Crippen LogP contribution is 2.26. The van der Waals surface area contributed by atoms with Gasteiger partial charge in [0.1, 0.15) is 0 Å². The molecule has 3 aromatic rings. The number of rotatable bonds is 5. The van der Waals surface area contributed by atoms with Crippen LogP contribution in [0.15, 0.2) is 60.8 Å². The summed E-state index contributed by atoms with van der Waals surface area (Å²) in [5, 5.41) is 5.25. The highest BCUT2D eigenvalue weighted by molar-refractivity contribution is 6.31. The van der Waals surface area contributed by atoms with Gasteiger partial charge in [-0.05, 0) is 36.6 Å². The molecular formula is C18H17ClN2. The van der Waals surface area contributed by atoms with Crippen molar-refractivity contribution in [1.29, 1.82) is 0 Å². The van der Waals surface area contributed by atoms with Gasteiger partial charge in [-0.1, -0.05) is 48.0 Å². The van der Waals surface area contributed by atoms with Gasteiger partial charge in [0.2, 0.25) is 0 Å². The maximum Gasteiger partial charge on any atom is 0.0934 e. The number of anilines is 1. The number of nitrogens with one attached hydrogen (secondary N) is 1. The van der Waals surface area contributed by atoms with Crippen LogP contribution in [0.3, 0.4) is 0 Å². The number of pyridine rings is 1. The number of fused-ring (bicyclic) bond motifs is 1. The average molecular weight is 297 g/mol. The molecular weight excluding hydrogens is 280 g/mol. The van der Waals surface area contributed by atoms with Crippen molar-refractivity contribution in [3.8, 4) is 0 Å². The van der Waals surface area contributed by atoms with Gasteiger partial charge in [-0.2, -0.15) is 0 Å². The lowest BCUT2D eigenvalue weighted by atomic mass is 10.1. The molecule has 2 nitrogen and oxygen atoms in total. The fourth-order valence-corrected chi connectivity index (χ4v) is 2.68. The summed E-state index contributed by atoms with van der Waals surface area (Å²) < 4.78 is 0. The van der Waals surface area contributed by atoms with E-state index >= 15 is 0 Å². The molecule has 0 aliphatic rings. The lowest BCUT2D eigenvalue weighted by Crippen LogP contribution is -2.04.